The van der Waals surface area contributed by atoms with E-state index in [1.807, 2.05) is 6.07 Å². The van der Waals surface area contributed by atoms with Crippen LogP contribution in [0, 0.1) is 5.82 Å². The van der Waals surface area contributed by atoms with Crippen LogP contribution in [-0.2, 0) is 4.74 Å². The Bertz CT molecular complexity index is 575. The number of fused-ring (bicyclic) bond motifs is 1. The van der Waals surface area contributed by atoms with Crippen LogP contribution < -0.4 is 5.73 Å². The third-order valence-electron chi connectivity index (χ3n) is 3.94. The molecule has 0 spiro atoms. The van der Waals surface area contributed by atoms with Gasteiger partial charge in [-0.15, -0.1) is 0 Å². The van der Waals surface area contributed by atoms with Crippen LogP contribution in [-0.4, -0.2) is 12.7 Å². The molecule has 3 nitrogen and oxygen atoms in total. The number of rotatable bonds is 4. The van der Waals surface area contributed by atoms with Crippen LogP contribution in [0.2, 0.25) is 0 Å². The fraction of sp³-hybridized carbons (Fsp3) is 0.500. The van der Waals surface area contributed by atoms with E-state index >= 15 is 0 Å². The van der Waals surface area contributed by atoms with Crippen molar-refractivity contribution in [3.05, 3.63) is 35.8 Å². The molecule has 1 aromatic carbocycles. The number of ether oxygens (including phenoxy) is 1. The molecule has 1 aromatic heterocycles. The number of benzene rings is 1. The highest BCUT2D eigenvalue weighted by molar-refractivity contribution is 5.77. The van der Waals surface area contributed by atoms with Crippen LogP contribution in [0.5, 0.6) is 0 Å². The molecule has 2 atom stereocenters. The lowest BCUT2D eigenvalue weighted by atomic mass is 10.0. The molecule has 3 rings (SSSR count). The van der Waals surface area contributed by atoms with Gasteiger partial charge in [0.2, 0.25) is 0 Å². The Morgan fingerprint density at radius 3 is 3.00 bits per heavy atom. The normalized spacial score (nSPS) is 21.2. The molecule has 1 aliphatic rings. The highest BCUT2D eigenvalue weighted by Gasteiger charge is 2.18. The molecule has 1 saturated heterocycles. The highest BCUT2D eigenvalue weighted by Crippen LogP contribution is 2.27. The standard InChI is InChI=1S/C16H20FNO2/c17-12-4-7-15-11(9-12)10-16(20-15)14(18)6-5-13-3-1-2-8-19-13/h4,7,9-10,13-14H,1-3,5-6,8,18H2. The molecule has 108 valence electrons. The first-order chi connectivity index (χ1) is 9.72. The number of hydrogen-bond donors (Lipinski definition) is 1. The molecule has 2 unspecified atom stereocenters. The average molecular weight is 277 g/mol. The van der Waals surface area contributed by atoms with Crippen molar-refractivity contribution in [3.63, 3.8) is 0 Å². The first-order valence-electron chi connectivity index (χ1n) is 7.28. The second-order valence-corrected chi connectivity index (χ2v) is 5.50. The Hall–Kier alpha value is -1.39. The molecule has 1 aliphatic heterocycles. The van der Waals surface area contributed by atoms with E-state index in [0.717, 1.165) is 43.4 Å². The molecule has 0 aliphatic carbocycles. The van der Waals surface area contributed by atoms with E-state index in [-0.39, 0.29) is 11.9 Å². The second-order valence-electron chi connectivity index (χ2n) is 5.50. The first-order valence-corrected chi connectivity index (χ1v) is 7.28. The zero-order valence-electron chi connectivity index (χ0n) is 11.5. The lowest BCUT2D eigenvalue weighted by Crippen LogP contribution is -2.21. The quantitative estimate of drug-likeness (QED) is 0.921. The minimum Gasteiger partial charge on any atom is -0.459 e. The van der Waals surface area contributed by atoms with Crippen LogP contribution in [0.3, 0.4) is 0 Å². The van der Waals surface area contributed by atoms with Crippen molar-refractivity contribution in [2.75, 3.05) is 6.61 Å². The van der Waals surface area contributed by atoms with Gasteiger partial charge in [-0.05, 0) is 56.4 Å². The van der Waals surface area contributed by atoms with Gasteiger partial charge in [-0.25, -0.2) is 4.39 Å². The summed E-state index contributed by atoms with van der Waals surface area (Å²) in [6, 6.07) is 6.20. The average Bonchev–Trinajstić information content (AvgIpc) is 2.89. The number of halogens is 1. The Kier molecular flexibility index (Phi) is 4.03. The summed E-state index contributed by atoms with van der Waals surface area (Å²) in [4.78, 5) is 0. The Balaban J connectivity index is 1.64. The SMILES string of the molecule is NC(CCC1CCCCO1)c1cc2cc(F)ccc2o1. The van der Waals surface area contributed by atoms with Crippen LogP contribution >= 0.6 is 0 Å². The molecule has 2 heterocycles. The van der Waals surface area contributed by atoms with Crippen LogP contribution in [0.25, 0.3) is 11.0 Å². The summed E-state index contributed by atoms with van der Waals surface area (Å²) < 4.78 is 24.5. The summed E-state index contributed by atoms with van der Waals surface area (Å²) >= 11 is 0. The van der Waals surface area contributed by atoms with E-state index in [1.165, 1.54) is 18.6 Å². The van der Waals surface area contributed by atoms with Crippen LogP contribution in [0.1, 0.15) is 43.9 Å². The van der Waals surface area contributed by atoms with E-state index in [0.29, 0.717) is 11.7 Å². The van der Waals surface area contributed by atoms with Gasteiger partial charge in [0.15, 0.2) is 0 Å². The fourth-order valence-electron chi connectivity index (χ4n) is 2.76. The third-order valence-corrected chi connectivity index (χ3v) is 3.94. The van der Waals surface area contributed by atoms with Crippen molar-refractivity contribution in [3.8, 4) is 0 Å². The van der Waals surface area contributed by atoms with Crippen molar-refractivity contribution < 1.29 is 13.5 Å². The predicted octanol–water partition coefficient (Wildman–Crippen LogP) is 3.92. The van der Waals surface area contributed by atoms with Crippen molar-refractivity contribution in [1.82, 2.24) is 0 Å². The summed E-state index contributed by atoms with van der Waals surface area (Å²) in [7, 11) is 0. The molecule has 1 fully saturated rings. The van der Waals surface area contributed by atoms with Gasteiger partial charge in [0.25, 0.3) is 0 Å². The summed E-state index contributed by atoms with van der Waals surface area (Å²) in [5.74, 6) is 0.468. The Morgan fingerprint density at radius 2 is 2.20 bits per heavy atom. The molecule has 0 radical (unpaired) electrons. The zero-order valence-corrected chi connectivity index (χ0v) is 11.5. The molecule has 2 N–H and O–H groups in total. The lowest BCUT2D eigenvalue weighted by molar-refractivity contribution is 0.00887. The van der Waals surface area contributed by atoms with Crippen molar-refractivity contribution in [2.45, 2.75) is 44.2 Å². The minimum atomic E-state index is -0.256. The zero-order chi connectivity index (χ0) is 13.9. The third kappa shape index (κ3) is 3.02. The van der Waals surface area contributed by atoms with Gasteiger partial charge in [0.1, 0.15) is 17.2 Å². The van der Waals surface area contributed by atoms with Crippen LogP contribution in [0.15, 0.2) is 28.7 Å². The topological polar surface area (TPSA) is 48.4 Å². The van der Waals surface area contributed by atoms with E-state index in [1.54, 1.807) is 6.07 Å². The summed E-state index contributed by atoms with van der Waals surface area (Å²) in [5.41, 5.74) is 6.86. The van der Waals surface area contributed by atoms with Crippen LogP contribution in [0.4, 0.5) is 4.39 Å². The molecular formula is C16H20FNO2. The molecule has 0 saturated carbocycles. The molecule has 2 aromatic rings. The van der Waals surface area contributed by atoms with E-state index in [4.69, 9.17) is 14.9 Å². The summed E-state index contributed by atoms with van der Waals surface area (Å²) in [5, 5.41) is 0.768. The van der Waals surface area contributed by atoms with Crippen molar-refractivity contribution >= 4 is 11.0 Å². The van der Waals surface area contributed by atoms with Gasteiger partial charge in [-0.3, -0.25) is 0 Å². The van der Waals surface area contributed by atoms with E-state index in [9.17, 15) is 4.39 Å². The van der Waals surface area contributed by atoms with Crippen molar-refractivity contribution in [2.24, 2.45) is 5.73 Å². The molecular weight excluding hydrogens is 257 g/mol. The maximum atomic E-state index is 13.1. The Labute approximate surface area is 117 Å². The van der Waals surface area contributed by atoms with Gasteiger partial charge in [0.05, 0.1) is 12.1 Å². The predicted molar refractivity (Wildman–Crippen MR) is 75.9 cm³/mol. The molecule has 0 amide bonds. The smallest absolute Gasteiger partial charge is 0.134 e. The van der Waals surface area contributed by atoms with E-state index < -0.39 is 0 Å². The Morgan fingerprint density at radius 1 is 1.30 bits per heavy atom. The lowest BCUT2D eigenvalue weighted by Gasteiger charge is -2.23. The monoisotopic (exact) mass is 277 g/mol. The number of furan rings is 1. The van der Waals surface area contributed by atoms with Gasteiger partial charge in [-0.2, -0.15) is 0 Å². The second kappa shape index (κ2) is 5.94. The van der Waals surface area contributed by atoms with E-state index in [2.05, 4.69) is 0 Å². The summed E-state index contributed by atoms with van der Waals surface area (Å²) in [6.07, 6.45) is 5.63. The minimum absolute atomic E-state index is 0.156. The maximum absolute atomic E-state index is 13.1. The molecule has 20 heavy (non-hydrogen) atoms. The molecule has 0 bridgehead atoms. The van der Waals surface area contributed by atoms with Crippen molar-refractivity contribution in [1.29, 1.82) is 0 Å². The van der Waals surface area contributed by atoms with Gasteiger partial charge >= 0.3 is 0 Å². The number of nitrogens with two attached hydrogens (primary N) is 1. The molecule has 4 heteroatoms. The van der Waals surface area contributed by atoms with Gasteiger partial charge in [0, 0.05) is 12.0 Å². The first kappa shape index (κ1) is 13.6. The maximum Gasteiger partial charge on any atom is 0.134 e. The largest absolute Gasteiger partial charge is 0.459 e. The summed E-state index contributed by atoms with van der Waals surface area (Å²) in [6.45, 7) is 0.865. The number of hydrogen-bond acceptors (Lipinski definition) is 3. The van der Waals surface area contributed by atoms with Gasteiger partial charge < -0.3 is 14.9 Å². The fourth-order valence-corrected chi connectivity index (χ4v) is 2.76. The van der Waals surface area contributed by atoms with Gasteiger partial charge in [-0.1, -0.05) is 0 Å². The highest BCUT2D eigenvalue weighted by atomic mass is 19.1.